The van der Waals surface area contributed by atoms with E-state index in [2.05, 4.69) is 4.98 Å². The first-order valence-corrected chi connectivity index (χ1v) is 5.67. The molecule has 18 heavy (non-hydrogen) atoms. The lowest BCUT2D eigenvalue weighted by Crippen LogP contribution is -2.23. The lowest BCUT2D eigenvalue weighted by molar-refractivity contribution is 0.0961. The maximum absolute atomic E-state index is 12.3. The van der Waals surface area contributed by atoms with Gasteiger partial charge in [-0.1, -0.05) is 30.3 Å². The molecule has 4 nitrogen and oxygen atoms in total. The van der Waals surface area contributed by atoms with Gasteiger partial charge in [0.15, 0.2) is 5.78 Å². The molecule has 92 valence electrons. The number of aryl methyl sites for hydroxylation is 1. The molecule has 0 amide bonds. The number of nitrogens with two attached hydrogens (primary N) is 2. The van der Waals surface area contributed by atoms with Gasteiger partial charge in [0.2, 0.25) is 0 Å². The molecule has 0 aliphatic carbocycles. The number of carbonyl (C=O) groups excluding carboxylic acids is 1. The lowest BCUT2D eigenvalue weighted by atomic mass is 9.96. The summed E-state index contributed by atoms with van der Waals surface area (Å²) in [6.45, 7) is 1.82. The first-order chi connectivity index (χ1) is 8.61. The van der Waals surface area contributed by atoms with Gasteiger partial charge >= 0.3 is 0 Å². The summed E-state index contributed by atoms with van der Waals surface area (Å²) in [4.78, 5) is 16.3. The summed E-state index contributed by atoms with van der Waals surface area (Å²) in [5.74, 6) is 0.0238. The second-order valence-corrected chi connectivity index (χ2v) is 4.14. The van der Waals surface area contributed by atoms with Crippen LogP contribution in [0.5, 0.6) is 0 Å². The lowest BCUT2D eigenvalue weighted by Gasteiger charge is -2.13. The second-order valence-electron chi connectivity index (χ2n) is 4.14. The molecule has 4 heteroatoms. The molecule has 0 saturated heterocycles. The molecule has 0 radical (unpaired) electrons. The average Bonchev–Trinajstić information content (AvgIpc) is 2.38. The van der Waals surface area contributed by atoms with Gasteiger partial charge in [-0.15, -0.1) is 0 Å². The molecule has 1 atom stereocenters. The summed E-state index contributed by atoms with van der Waals surface area (Å²) in [6.07, 6.45) is 1.58. The van der Waals surface area contributed by atoms with Crippen LogP contribution in [0.1, 0.15) is 27.5 Å². The van der Waals surface area contributed by atoms with Gasteiger partial charge in [0.1, 0.15) is 5.82 Å². The first kappa shape index (κ1) is 12.3. The van der Waals surface area contributed by atoms with Crippen LogP contribution in [0.3, 0.4) is 0 Å². The topological polar surface area (TPSA) is 82.0 Å². The predicted molar refractivity (Wildman–Crippen MR) is 71.1 cm³/mol. The van der Waals surface area contributed by atoms with E-state index >= 15 is 0 Å². The number of ketones is 1. The molecule has 0 aliphatic rings. The molecule has 0 saturated carbocycles. The molecular weight excluding hydrogens is 226 g/mol. The Kier molecular flexibility index (Phi) is 3.39. The summed E-state index contributed by atoms with van der Waals surface area (Å²) in [5, 5.41) is 0. The number of carbonyl (C=O) groups is 1. The van der Waals surface area contributed by atoms with Crippen LogP contribution >= 0.6 is 0 Å². The highest BCUT2D eigenvalue weighted by Gasteiger charge is 2.21. The SMILES string of the molecule is Cc1ccnc(N)c1C(=O)[C@H](N)c1ccccc1. The van der Waals surface area contributed by atoms with Crippen molar-refractivity contribution in [3.63, 3.8) is 0 Å². The third-order valence-corrected chi connectivity index (χ3v) is 2.88. The summed E-state index contributed by atoms with van der Waals surface area (Å²) in [5.41, 5.74) is 13.7. The molecule has 0 unspecified atom stereocenters. The van der Waals surface area contributed by atoms with Crippen molar-refractivity contribution in [1.29, 1.82) is 0 Å². The van der Waals surface area contributed by atoms with Crippen molar-refractivity contribution in [1.82, 2.24) is 4.98 Å². The van der Waals surface area contributed by atoms with E-state index in [1.165, 1.54) is 0 Å². The zero-order valence-electron chi connectivity index (χ0n) is 10.1. The van der Waals surface area contributed by atoms with Crippen molar-refractivity contribution >= 4 is 11.6 Å². The van der Waals surface area contributed by atoms with E-state index in [1.54, 1.807) is 12.3 Å². The highest BCUT2D eigenvalue weighted by Crippen LogP contribution is 2.21. The van der Waals surface area contributed by atoms with Gasteiger partial charge in [0, 0.05) is 6.20 Å². The molecule has 0 spiro atoms. The smallest absolute Gasteiger partial charge is 0.188 e. The fraction of sp³-hybridized carbons (Fsp3) is 0.143. The van der Waals surface area contributed by atoms with Crippen LogP contribution in [0, 0.1) is 6.92 Å². The van der Waals surface area contributed by atoms with E-state index in [1.807, 2.05) is 37.3 Å². The number of nitrogen functional groups attached to an aromatic ring is 1. The third-order valence-electron chi connectivity index (χ3n) is 2.88. The Balaban J connectivity index is 2.38. The van der Waals surface area contributed by atoms with Crippen LogP contribution in [-0.4, -0.2) is 10.8 Å². The number of Topliss-reactive ketones (excluding diaryl/α,β-unsaturated/α-hetero) is 1. The number of pyridine rings is 1. The fourth-order valence-electron chi connectivity index (χ4n) is 1.87. The number of hydrogen-bond acceptors (Lipinski definition) is 4. The molecule has 1 aromatic carbocycles. The third kappa shape index (κ3) is 2.24. The molecule has 2 rings (SSSR count). The summed E-state index contributed by atoms with van der Waals surface area (Å²) in [7, 11) is 0. The fourth-order valence-corrected chi connectivity index (χ4v) is 1.87. The van der Waals surface area contributed by atoms with Crippen molar-refractivity contribution in [2.45, 2.75) is 13.0 Å². The predicted octanol–water partition coefficient (Wildman–Crippen LogP) is 1.85. The van der Waals surface area contributed by atoms with Crippen molar-refractivity contribution in [3.05, 3.63) is 59.3 Å². The number of benzene rings is 1. The molecule has 0 bridgehead atoms. The maximum atomic E-state index is 12.3. The highest BCUT2D eigenvalue weighted by molar-refractivity contribution is 6.05. The van der Waals surface area contributed by atoms with E-state index in [-0.39, 0.29) is 11.6 Å². The van der Waals surface area contributed by atoms with Crippen molar-refractivity contribution in [3.8, 4) is 0 Å². The Morgan fingerprint density at radius 1 is 1.22 bits per heavy atom. The van der Waals surface area contributed by atoms with Gasteiger partial charge in [-0.2, -0.15) is 0 Å². The molecule has 1 heterocycles. The van der Waals surface area contributed by atoms with E-state index in [4.69, 9.17) is 11.5 Å². The second kappa shape index (κ2) is 4.98. The summed E-state index contributed by atoms with van der Waals surface area (Å²) < 4.78 is 0. The Morgan fingerprint density at radius 3 is 2.50 bits per heavy atom. The van der Waals surface area contributed by atoms with Gasteiger partial charge in [-0.05, 0) is 24.1 Å². The van der Waals surface area contributed by atoms with Gasteiger partial charge < -0.3 is 11.5 Å². The largest absolute Gasteiger partial charge is 0.383 e. The molecular formula is C14H15N3O. The van der Waals surface area contributed by atoms with Crippen LogP contribution in [0.15, 0.2) is 42.6 Å². The number of hydrogen-bond donors (Lipinski definition) is 2. The van der Waals surface area contributed by atoms with Crippen molar-refractivity contribution in [2.24, 2.45) is 5.73 Å². The normalized spacial score (nSPS) is 12.1. The zero-order valence-corrected chi connectivity index (χ0v) is 10.1. The first-order valence-electron chi connectivity index (χ1n) is 5.67. The number of nitrogens with zero attached hydrogens (tertiary/aromatic N) is 1. The van der Waals surface area contributed by atoms with Gasteiger partial charge in [0.05, 0.1) is 11.6 Å². The molecule has 0 aliphatic heterocycles. The van der Waals surface area contributed by atoms with Crippen molar-refractivity contribution < 1.29 is 4.79 Å². The van der Waals surface area contributed by atoms with Crippen LogP contribution in [0.4, 0.5) is 5.82 Å². The minimum Gasteiger partial charge on any atom is -0.383 e. The minimum absolute atomic E-state index is 0.204. The standard InChI is InChI=1S/C14H15N3O/c1-9-7-8-17-14(16)11(9)13(18)12(15)10-5-3-2-4-6-10/h2-8,12H,15H2,1H3,(H2,16,17)/t12-/m1/s1. The van der Waals surface area contributed by atoms with Crippen molar-refractivity contribution in [2.75, 3.05) is 5.73 Å². The molecule has 4 N–H and O–H groups in total. The molecule has 2 aromatic rings. The summed E-state index contributed by atoms with van der Waals surface area (Å²) in [6, 6.07) is 10.3. The number of rotatable bonds is 3. The van der Waals surface area contributed by atoms with E-state index in [9.17, 15) is 4.79 Å². The molecule has 0 fully saturated rings. The number of anilines is 1. The average molecular weight is 241 g/mol. The maximum Gasteiger partial charge on any atom is 0.188 e. The van der Waals surface area contributed by atoms with Gasteiger partial charge in [-0.25, -0.2) is 4.98 Å². The van der Waals surface area contributed by atoms with E-state index in [0.29, 0.717) is 5.56 Å². The Bertz CT molecular complexity index is 546. The Hall–Kier alpha value is -2.20. The minimum atomic E-state index is -0.712. The molecule has 1 aromatic heterocycles. The monoisotopic (exact) mass is 241 g/mol. The number of aromatic nitrogens is 1. The van der Waals surface area contributed by atoms with Gasteiger partial charge in [-0.3, -0.25) is 4.79 Å². The summed E-state index contributed by atoms with van der Waals surface area (Å²) >= 11 is 0. The Labute approximate surface area is 106 Å². The van der Waals surface area contributed by atoms with Crippen LogP contribution < -0.4 is 11.5 Å². The van der Waals surface area contributed by atoms with Gasteiger partial charge in [0.25, 0.3) is 0 Å². The zero-order chi connectivity index (χ0) is 13.1. The van der Waals surface area contributed by atoms with Crippen LogP contribution in [0.2, 0.25) is 0 Å². The van der Waals surface area contributed by atoms with Crippen LogP contribution in [-0.2, 0) is 0 Å². The van der Waals surface area contributed by atoms with Crippen LogP contribution in [0.25, 0.3) is 0 Å². The highest BCUT2D eigenvalue weighted by atomic mass is 16.1. The van der Waals surface area contributed by atoms with E-state index < -0.39 is 6.04 Å². The Morgan fingerprint density at radius 2 is 1.89 bits per heavy atom. The van der Waals surface area contributed by atoms with E-state index in [0.717, 1.165) is 11.1 Å². The quantitative estimate of drug-likeness (QED) is 0.803.